The summed E-state index contributed by atoms with van der Waals surface area (Å²) in [5.41, 5.74) is 0.309. The summed E-state index contributed by atoms with van der Waals surface area (Å²) >= 11 is 2.96. The Morgan fingerprint density at radius 1 is 1.38 bits per heavy atom. The second kappa shape index (κ2) is 5.55. The van der Waals surface area contributed by atoms with Gasteiger partial charge in [0.05, 0.1) is 11.0 Å². The van der Waals surface area contributed by atoms with Gasteiger partial charge in [-0.25, -0.2) is 0 Å². The molecule has 2 amide bonds. The highest BCUT2D eigenvalue weighted by Gasteiger charge is 2.34. The maximum Gasteiger partial charge on any atom is 0.573 e. The van der Waals surface area contributed by atoms with Crippen LogP contribution in [0.3, 0.4) is 0 Å². The molecule has 1 atom stereocenters. The predicted octanol–water partition coefficient (Wildman–Crippen LogP) is 2.20. The second-order valence-electron chi connectivity index (χ2n) is 4.32. The highest BCUT2D eigenvalue weighted by atomic mass is 79.9. The molecule has 1 aliphatic rings. The zero-order valence-electron chi connectivity index (χ0n) is 10.7. The zero-order valence-corrected chi connectivity index (χ0v) is 12.3. The summed E-state index contributed by atoms with van der Waals surface area (Å²) in [6.07, 6.45) is -4.81. The van der Waals surface area contributed by atoms with E-state index in [0.717, 1.165) is 6.07 Å². The van der Waals surface area contributed by atoms with Crippen LogP contribution in [0.4, 0.5) is 18.9 Å². The molecule has 1 aliphatic heterocycles. The van der Waals surface area contributed by atoms with Crippen LogP contribution in [0.1, 0.15) is 6.92 Å². The lowest BCUT2D eigenvalue weighted by Gasteiger charge is -2.32. The van der Waals surface area contributed by atoms with Crippen molar-refractivity contribution >= 4 is 33.4 Å². The molecule has 0 aromatic heterocycles. The van der Waals surface area contributed by atoms with Crippen molar-refractivity contribution in [1.29, 1.82) is 0 Å². The van der Waals surface area contributed by atoms with Gasteiger partial charge in [0, 0.05) is 5.69 Å². The fraction of sp³-hybridized carbons (Fsp3) is 0.333. The lowest BCUT2D eigenvalue weighted by molar-refractivity contribution is -0.274. The fourth-order valence-corrected chi connectivity index (χ4v) is 2.39. The maximum absolute atomic E-state index is 12.2. The van der Waals surface area contributed by atoms with Gasteiger partial charge < -0.3 is 10.1 Å². The van der Waals surface area contributed by atoms with Crippen LogP contribution >= 0.6 is 15.9 Å². The van der Waals surface area contributed by atoms with Crippen LogP contribution in [0.5, 0.6) is 5.75 Å². The van der Waals surface area contributed by atoms with E-state index in [0.29, 0.717) is 5.69 Å². The summed E-state index contributed by atoms with van der Waals surface area (Å²) in [5.74, 6) is -1.10. The van der Waals surface area contributed by atoms with Gasteiger partial charge in [-0.05, 0) is 41.1 Å². The van der Waals surface area contributed by atoms with Crippen molar-refractivity contribution in [3.05, 3.63) is 22.7 Å². The van der Waals surface area contributed by atoms with Crippen molar-refractivity contribution in [3.8, 4) is 5.75 Å². The number of anilines is 1. The van der Waals surface area contributed by atoms with Crippen molar-refractivity contribution < 1.29 is 27.5 Å². The minimum Gasteiger partial charge on any atom is -0.405 e. The van der Waals surface area contributed by atoms with Crippen LogP contribution in [0.25, 0.3) is 0 Å². The van der Waals surface area contributed by atoms with Crippen LogP contribution in [0.2, 0.25) is 0 Å². The third-order valence-corrected chi connectivity index (χ3v) is 3.49. The van der Waals surface area contributed by atoms with Crippen molar-refractivity contribution in [1.82, 2.24) is 5.32 Å². The Morgan fingerprint density at radius 2 is 2.05 bits per heavy atom. The molecule has 0 aliphatic carbocycles. The maximum atomic E-state index is 12.2. The highest BCUT2D eigenvalue weighted by Crippen LogP contribution is 2.34. The molecule has 2 rings (SSSR count). The molecular formula is C12H10BrF3N2O3. The summed E-state index contributed by atoms with van der Waals surface area (Å²) in [6, 6.07) is 2.93. The highest BCUT2D eigenvalue weighted by molar-refractivity contribution is 9.10. The molecule has 1 aromatic carbocycles. The first kappa shape index (κ1) is 15.6. The number of nitrogens with one attached hydrogen (secondary N) is 1. The third kappa shape index (κ3) is 3.46. The molecule has 9 heteroatoms. The monoisotopic (exact) mass is 366 g/mol. The Hall–Kier alpha value is -1.77. The number of amides is 2. The average Bonchev–Trinajstić information content (AvgIpc) is 2.36. The van der Waals surface area contributed by atoms with E-state index < -0.39 is 18.2 Å². The predicted molar refractivity (Wildman–Crippen MR) is 70.8 cm³/mol. The quantitative estimate of drug-likeness (QED) is 0.872. The normalized spacial score (nSPS) is 19.5. The SMILES string of the molecule is CC1C(=O)NCC(=O)N1c1ccc(OC(F)(F)F)c(Br)c1. The Kier molecular flexibility index (Phi) is 4.13. The van der Waals surface area contributed by atoms with E-state index in [2.05, 4.69) is 26.0 Å². The Morgan fingerprint density at radius 3 is 2.62 bits per heavy atom. The number of benzene rings is 1. The largest absolute Gasteiger partial charge is 0.573 e. The molecule has 5 nitrogen and oxygen atoms in total. The smallest absolute Gasteiger partial charge is 0.405 e. The van der Waals surface area contributed by atoms with Gasteiger partial charge in [0.2, 0.25) is 11.8 Å². The number of alkyl halides is 3. The molecule has 1 fully saturated rings. The summed E-state index contributed by atoms with van der Waals surface area (Å²) in [5, 5.41) is 2.42. The van der Waals surface area contributed by atoms with Gasteiger partial charge in [-0.15, -0.1) is 13.2 Å². The summed E-state index contributed by atoms with van der Waals surface area (Å²) < 4.78 is 40.4. The van der Waals surface area contributed by atoms with E-state index in [-0.39, 0.29) is 22.8 Å². The van der Waals surface area contributed by atoms with Gasteiger partial charge >= 0.3 is 6.36 Å². The molecule has 1 N–H and O–H groups in total. The van der Waals surface area contributed by atoms with Gasteiger partial charge in [0.15, 0.2) is 0 Å². The Balaban J connectivity index is 2.31. The number of nitrogens with zero attached hydrogens (tertiary/aromatic N) is 1. The fourth-order valence-electron chi connectivity index (χ4n) is 1.94. The van der Waals surface area contributed by atoms with Crippen molar-refractivity contribution in [3.63, 3.8) is 0 Å². The first-order valence-corrected chi connectivity index (χ1v) is 6.63. The van der Waals surface area contributed by atoms with Crippen LogP contribution in [-0.4, -0.2) is 30.8 Å². The van der Waals surface area contributed by atoms with Gasteiger partial charge in [-0.3, -0.25) is 14.5 Å². The number of carbonyl (C=O) groups is 2. The van der Waals surface area contributed by atoms with Gasteiger partial charge in [0.25, 0.3) is 0 Å². The van der Waals surface area contributed by atoms with E-state index in [1.165, 1.54) is 24.0 Å². The molecule has 0 saturated carbocycles. The topological polar surface area (TPSA) is 58.6 Å². The molecule has 1 unspecified atom stereocenters. The number of hydrogen-bond acceptors (Lipinski definition) is 3. The molecule has 0 spiro atoms. The molecular weight excluding hydrogens is 357 g/mol. The van der Waals surface area contributed by atoms with Crippen LogP contribution in [0.15, 0.2) is 22.7 Å². The van der Waals surface area contributed by atoms with Gasteiger partial charge in [-0.1, -0.05) is 0 Å². The molecule has 1 heterocycles. The van der Waals surface area contributed by atoms with Gasteiger partial charge in [0.1, 0.15) is 11.8 Å². The molecule has 114 valence electrons. The lowest BCUT2D eigenvalue weighted by atomic mass is 10.1. The summed E-state index contributed by atoms with van der Waals surface area (Å²) in [7, 11) is 0. The standard InChI is InChI=1S/C12H10BrF3N2O3/c1-6-11(20)17-5-10(19)18(6)7-2-3-9(8(13)4-7)21-12(14,15)16/h2-4,6H,5H2,1H3,(H,17,20). The number of carbonyl (C=O) groups excluding carboxylic acids is 2. The lowest BCUT2D eigenvalue weighted by Crippen LogP contribution is -2.57. The first-order chi connectivity index (χ1) is 9.69. The first-order valence-electron chi connectivity index (χ1n) is 5.84. The third-order valence-electron chi connectivity index (χ3n) is 2.87. The van der Waals surface area contributed by atoms with Crippen LogP contribution in [0, 0.1) is 0 Å². The van der Waals surface area contributed by atoms with E-state index in [1.54, 1.807) is 0 Å². The summed E-state index contributed by atoms with van der Waals surface area (Å²) in [4.78, 5) is 24.7. The molecule has 0 radical (unpaired) electrons. The molecule has 1 aromatic rings. The molecule has 0 bridgehead atoms. The van der Waals surface area contributed by atoms with E-state index in [4.69, 9.17) is 0 Å². The van der Waals surface area contributed by atoms with E-state index in [9.17, 15) is 22.8 Å². The van der Waals surface area contributed by atoms with Crippen molar-refractivity contribution in [2.24, 2.45) is 0 Å². The number of ether oxygens (including phenoxy) is 1. The molecule has 21 heavy (non-hydrogen) atoms. The zero-order chi connectivity index (χ0) is 15.8. The average molecular weight is 367 g/mol. The number of halogens is 4. The number of rotatable bonds is 2. The number of piperazine rings is 1. The minimum absolute atomic E-state index is 0.0308. The Bertz CT molecular complexity index is 592. The van der Waals surface area contributed by atoms with E-state index in [1.807, 2.05) is 0 Å². The molecule has 1 saturated heterocycles. The van der Waals surface area contributed by atoms with E-state index >= 15 is 0 Å². The van der Waals surface area contributed by atoms with Gasteiger partial charge in [-0.2, -0.15) is 0 Å². The summed E-state index contributed by atoms with van der Waals surface area (Å²) in [6.45, 7) is 1.38. The second-order valence-corrected chi connectivity index (χ2v) is 5.17. The van der Waals surface area contributed by atoms with Crippen LogP contribution in [-0.2, 0) is 9.59 Å². The Labute approximate surface area is 126 Å². The minimum atomic E-state index is -4.81. The van der Waals surface area contributed by atoms with Crippen molar-refractivity contribution in [2.45, 2.75) is 19.3 Å². The van der Waals surface area contributed by atoms with Crippen molar-refractivity contribution in [2.75, 3.05) is 11.4 Å². The number of hydrogen-bond donors (Lipinski definition) is 1. The van der Waals surface area contributed by atoms with Crippen LogP contribution < -0.4 is 15.0 Å².